The number of rotatable bonds is 5. The third-order valence-electron chi connectivity index (χ3n) is 3.38. The first-order valence-electron chi connectivity index (χ1n) is 7.23. The minimum absolute atomic E-state index is 0.173. The van der Waals surface area contributed by atoms with Crippen molar-refractivity contribution in [3.8, 4) is 0 Å². The molecule has 8 nitrogen and oxygen atoms in total. The molecule has 2 amide bonds. The number of carbonyl (C=O) groups excluding carboxylic acids is 2. The summed E-state index contributed by atoms with van der Waals surface area (Å²) in [6, 6.07) is 0. The molecule has 0 aromatic carbocycles. The normalized spacial score (nSPS) is 11.0. The van der Waals surface area contributed by atoms with E-state index in [4.69, 9.17) is 0 Å². The maximum absolute atomic E-state index is 12.1. The van der Waals surface area contributed by atoms with Gasteiger partial charge in [-0.05, 0) is 19.9 Å². The zero-order valence-electron chi connectivity index (χ0n) is 13.6. The van der Waals surface area contributed by atoms with Gasteiger partial charge in [-0.15, -0.1) is 0 Å². The van der Waals surface area contributed by atoms with Gasteiger partial charge in [-0.1, -0.05) is 0 Å². The number of hydrogen-bond donors (Lipinski definition) is 2. The molecular formula is C15H20N6O2. The van der Waals surface area contributed by atoms with Crippen LogP contribution in [0.15, 0.2) is 18.5 Å². The van der Waals surface area contributed by atoms with Crippen LogP contribution in [0.2, 0.25) is 0 Å². The minimum atomic E-state index is -0.357. The van der Waals surface area contributed by atoms with E-state index in [2.05, 4.69) is 20.8 Å². The van der Waals surface area contributed by atoms with E-state index in [0.717, 1.165) is 17.8 Å². The Kier molecular flexibility index (Phi) is 4.95. The Labute approximate surface area is 134 Å². The Hall–Kier alpha value is -2.90. The number of nitrogens with one attached hydrogen (secondary N) is 2. The molecule has 122 valence electrons. The highest BCUT2D eigenvalue weighted by Crippen LogP contribution is 2.14. The number of hydrogen-bond acceptors (Lipinski definition) is 4. The largest absolute Gasteiger partial charge is 0.354 e. The smallest absolute Gasteiger partial charge is 0.273 e. The van der Waals surface area contributed by atoms with E-state index in [0.29, 0.717) is 5.69 Å². The molecule has 0 aliphatic rings. The van der Waals surface area contributed by atoms with Gasteiger partial charge >= 0.3 is 0 Å². The molecule has 0 aliphatic heterocycles. The van der Waals surface area contributed by atoms with Gasteiger partial charge in [0.15, 0.2) is 5.69 Å². The molecule has 8 heteroatoms. The average Bonchev–Trinajstić information content (AvgIpc) is 3.07. The molecule has 0 spiro atoms. The topological polar surface area (TPSA) is 93.8 Å². The van der Waals surface area contributed by atoms with Crippen LogP contribution in [0.1, 0.15) is 28.7 Å². The highest BCUT2D eigenvalue weighted by molar-refractivity contribution is 6.06. The van der Waals surface area contributed by atoms with E-state index >= 15 is 0 Å². The minimum Gasteiger partial charge on any atom is -0.354 e. The summed E-state index contributed by atoms with van der Waals surface area (Å²) in [4.78, 5) is 23.8. The van der Waals surface area contributed by atoms with Crippen LogP contribution in [0, 0.1) is 6.92 Å². The van der Waals surface area contributed by atoms with Crippen LogP contribution >= 0.6 is 0 Å². The molecule has 0 atom stereocenters. The first kappa shape index (κ1) is 16.5. The van der Waals surface area contributed by atoms with Gasteiger partial charge in [0.25, 0.3) is 5.91 Å². The van der Waals surface area contributed by atoms with Gasteiger partial charge in [-0.2, -0.15) is 10.2 Å². The van der Waals surface area contributed by atoms with E-state index < -0.39 is 0 Å². The third-order valence-corrected chi connectivity index (χ3v) is 3.38. The molecule has 2 rings (SSSR count). The number of anilines is 1. The fourth-order valence-corrected chi connectivity index (χ4v) is 2.15. The summed E-state index contributed by atoms with van der Waals surface area (Å²) in [6.07, 6.45) is 6.39. The molecule has 2 aromatic rings. The van der Waals surface area contributed by atoms with Gasteiger partial charge in [0.05, 0.1) is 11.9 Å². The van der Waals surface area contributed by atoms with E-state index in [1.165, 1.54) is 17.8 Å². The third kappa shape index (κ3) is 3.65. The maximum Gasteiger partial charge on any atom is 0.273 e. The predicted octanol–water partition coefficient (Wildman–Crippen LogP) is 0.956. The van der Waals surface area contributed by atoms with Crippen molar-refractivity contribution in [2.24, 2.45) is 7.05 Å². The monoisotopic (exact) mass is 316 g/mol. The number of aromatic nitrogens is 4. The molecule has 23 heavy (non-hydrogen) atoms. The van der Waals surface area contributed by atoms with Gasteiger partial charge in [-0.3, -0.25) is 19.0 Å². The zero-order valence-corrected chi connectivity index (χ0v) is 13.6. The Bertz CT molecular complexity index is 756. The van der Waals surface area contributed by atoms with Crippen molar-refractivity contribution < 1.29 is 9.59 Å². The van der Waals surface area contributed by atoms with Crippen molar-refractivity contribution >= 4 is 23.6 Å². The van der Waals surface area contributed by atoms with Crippen molar-refractivity contribution in [3.05, 3.63) is 35.4 Å². The molecule has 0 bridgehead atoms. The molecule has 2 aromatic heterocycles. The van der Waals surface area contributed by atoms with Crippen molar-refractivity contribution in [3.63, 3.8) is 0 Å². The van der Waals surface area contributed by atoms with Crippen LogP contribution < -0.4 is 10.6 Å². The van der Waals surface area contributed by atoms with Crippen LogP contribution in [0.3, 0.4) is 0 Å². The lowest BCUT2D eigenvalue weighted by Gasteiger charge is -2.01. The molecular weight excluding hydrogens is 296 g/mol. The molecule has 0 radical (unpaired) electrons. The first-order chi connectivity index (χ1) is 11.0. The zero-order chi connectivity index (χ0) is 17.0. The second kappa shape index (κ2) is 6.91. The summed E-state index contributed by atoms with van der Waals surface area (Å²) in [5.41, 5.74) is 2.40. The number of amides is 2. The SMILES string of the molecule is CCn1ncc(/C=C/C(=O)Nc2cn(C)nc2C(=O)NC)c1C. The van der Waals surface area contributed by atoms with Gasteiger partial charge < -0.3 is 10.6 Å². The quantitative estimate of drug-likeness (QED) is 0.803. The highest BCUT2D eigenvalue weighted by Gasteiger charge is 2.16. The number of aryl methyl sites for hydroxylation is 2. The van der Waals surface area contributed by atoms with Crippen LogP contribution in [-0.4, -0.2) is 38.4 Å². The maximum atomic E-state index is 12.1. The summed E-state index contributed by atoms with van der Waals surface area (Å²) in [5, 5.41) is 13.4. The second-order valence-corrected chi connectivity index (χ2v) is 4.97. The van der Waals surface area contributed by atoms with E-state index in [-0.39, 0.29) is 17.5 Å². The molecule has 0 unspecified atom stereocenters. The standard InChI is InChI=1S/C15H20N6O2/c1-5-21-10(2)11(8-17-21)6-7-13(22)18-12-9-20(4)19-14(12)15(23)16-3/h6-9H,5H2,1-4H3,(H,16,23)(H,18,22)/b7-6+. The Morgan fingerprint density at radius 3 is 2.74 bits per heavy atom. The van der Waals surface area contributed by atoms with Crippen LogP contribution in [0.5, 0.6) is 0 Å². The van der Waals surface area contributed by atoms with E-state index in [1.807, 2.05) is 18.5 Å². The van der Waals surface area contributed by atoms with Crippen LogP contribution in [0.25, 0.3) is 6.08 Å². The summed E-state index contributed by atoms with van der Waals surface area (Å²) in [7, 11) is 3.19. The fourth-order valence-electron chi connectivity index (χ4n) is 2.15. The van der Waals surface area contributed by atoms with Crippen molar-refractivity contribution in [2.75, 3.05) is 12.4 Å². The number of nitrogens with zero attached hydrogens (tertiary/aromatic N) is 4. The molecule has 0 saturated heterocycles. The van der Waals surface area contributed by atoms with Crippen molar-refractivity contribution in [2.45, 2.75) is 20.4 Å². The fraction of sp³-hybridized carbons (Fsp3) is 0.333. The van der Waals surface area contributed by atoms with Crippen molar-refractivity contribution in [1.29, 1.82) is 0 Å². The lowest BCUT2D eigenvalue weighted by Crippen LogP contribution is -2.21. The summed E-state index contributed by atoms with van der Waals surface area (Å²) >= 11 is 0. The molecule has 0 aliphatic carbocycles. The molecule has 2 heterocycles. The highest BCUT2D eigenvalue weighted by atomic mass is 16.2. The lowest BCUT2D eigenvalue weighted by atomic mass is 10.2. The predicted molar refractivity (Wildman–Crippen MR) is 86.9 cm³/mol. The average molecular weight is 316 g/mol. The molecule has 2 N–H and O–H groups in total. The Balaban J connectivity index is 2.12. The summed E-state index contributed by atoms with van der Waals surface area (Å²) in [6.45, 7) is 4.72. The van der Waals surface area contributed by atoms with Crippen molar-refractivity contribution in [1.82, 2.24) is 24.9 Å². The summed E-state index contributed by atoms with van der Waals surface area (Å²) < 4.78 is 3.32. The van der Waals surface area contributed by atoms with E-state index in [9.17, 15) is 9.59 Å². The van der Waals surface area contributed by atoms with Gasteiger partial charge in [0, 0.05) is 44.2 Å². The molecule has 0 fully saturated rings. The van der Waals surface area contributed by atoms with Gasteiger partial charge in [0.2, 0.25) is 5.91 Å². The van der Waals surface area contributed by atoms with Gasteiger partial charge in [-0.25, -0.2) is 0 Å². The van der Waals surface area contributed by atoms with Crippen LogP contribution in [-0.2, 0) is 18.4 Å². The second-order valence-electron chi connectivity index (χ2n) is 4.97. The van der Waals surface area contributed by atoms with Gasteiger partial charge in [0.1, 0.15) is 0 Å². The number of carbonyl (C=O) groups is 2. The lowest BCUT2D eigenvalue weighted by molar-refractivity contribution is -0.111. The van der Waals surface area contributed by atoms with E-state index in [1.54, 1.807) is 25.5 Å². The first-order valence-corrected chi connectivity index (χ1v) is 7.23. The molecule has 0 saturated carbocycles. The Morgan fingerprint density at radius 2 is 2.13 bits per heavy atom. The Morgan fingerprint density at radius 1 is 1.39 bits per heavy atom. The summed E-state index contributed by atoms with van der Waals surface area (Å²) in [5.74, 6) is -0.697. The van der Waals surface area contributed by atoms with Crippen LogP contribution in [0.4, 0.5) is 5.69 Å².